The monoisotopic (exact) mass is 389 g/mol. The zero-order valence-corrected chi connectivity index (χ0v) is 15.6. The van der Waals surface area contributed by atoms with Crippen molar-refractivity contribution < 1.29 is 22.4 Å². The maximum absolute atomic E-state index is 12.9. The molecule has 2 fully saturated rings. The molecular weight excluding hydrogens is 370 g/mol. The molecule has 2 amide bonds. The van der Waals surface area contributed by atoms with E-state index < -0.39 is 21.9 Å². The smallest absolute Gasteiger partial charge is 0.272 e. The Morgan fingerprint density at radius 3 is 2.30 bits per heavy atom. The molecule has 0 radical (unpaired) electrons. The lowest BCUT2D eigenvalue weighted by Gasteiger charge is -2.43. The van der Waals surface area contributed by atoms with E-state index in [1.807, 2.05) is 0 Å². The molecule has 4 rings (SSSR count). The van der Waals surface area contributed by atoms with Gasteiger partial charge in [0.15, 0.2) is 9.84 Å². The fourth-order valence-corrected chi connectivity index (χ4v) is 5.84. The lowest BCUT2D eigenvalue weighted by atomic mass is 10.0. The predicted molar refractivity (Wildman–Crippen MR) is 96.0 cm³/mol. The van der Waals surface area contributed by atoms with Crippen LogP contribution in [0.25, 0.3) is 0 Å². The highest BCUT2D eigenvalue weighted by Gasteiger charge is 2.50. The van der Waals surface area contributed by atoms with Gasteiger partial charge in [-0.25, -0.2) is 8.42 Å². The van der Waals surface area contributed by atoms with Gasteiger partial charge in [-0.2, -0.15) is 0 Å². The standard InChI is InChI=1S/C18H19N3O5S/c1-12-13(5-9-26-12)17(22)20-7-8-21(16-11-27(24,25)10-15(16)20)18(23)14-4-2-3-6-19-14/h2-6,9,15-16H,7-8,10-11H2,1H3/t15-,16+/m0/s1. The number of hydrogen-bond acceptors (Lipinski definition) is 6. The lowest BCUT2D eigenvalue weighted by molar-refractivity contribution is 0.0277. The Morgan fingerprint density at radius 2 is 1.74 bits per heavy atom. The zero-order chi connectivity index (χ0) is 19.2. The van der Waals surface area contributed by atoms with Gasteiger partial charge in [-0.15, -0.1) is 0 Å². The number of pyridine rings is 1. The summed E-state index contributed by atoms with van der Waals surface area (Å²) in [7, 11) is -3.35. The summed E-state index contributed by atoms with van der Waals surface area (Å²) < 4.78 is 29.8. The summed E-state index contributed by atoms with van der Waals surface area (Å²) in [4.78, 5) is 33.0. The van der Waals surface area contributed by atoms with Crippen LogP contribution >= 0.6 is 0 Å². The number of sulfone groups is 1. The molecule has 0 spiro atoms. The number of nitrogens with zero attached hydrogens (tertiary/aromatic N) is 3. The third-order valence-electron chi connectivity index (χ3n) is 5.17. The van der Waals surface area contributed by atoms with E-state index in [9.17, 15) is 18.0 Å². The molecule has 2 aromatic heterocycles. The summed E-state index contributed by atoms with van der Waals surface area (Å²) in [5, 5.41) is 0. The SMILES string of the molecule is Cc1occc1C(=O)N1CCN(C(=O)c2ccccn2)[C@@H]2CS(=O)(=O)C[C@@H]21. The van der Waals surface area contributed by atoms with Gasteiger partial charge in [-0.05, 0) is 25.1 Å². The quantitative estimate of drug-likeness (QED) is 0.751. The molecule has 2 atom stereocenters. The third-order valence-corrected chi connectivity index (χ3v) is 6.87. The molecule has 0 aliphatic carbocycles. The van der Waals surface area contributed by atoms with Crippen LogP contribution < -0.4 is 0 Å². The van der Waals surface area contributed by atoms with Crippen molar-refractivity contribution in [2.75, 3.05) is 24.6 Å². The number of aryl methyl sites for hydroxylation is 1. The van der Waals surface area contributed by atoms with Crippen LogP contribution in [0.1, 0.15) is 26.6 Å². The molecule has 142 valence electrons. The molecule has 0 aromatic carbocycles. The molecule has 0 N–H and O–H groups in total. The van der Waals surface area contributed by atoms with E-state index in [4.69, 9.17) is 4.42 Å². The first-order valence-corrected chi connectivity index (χ1v) is 10.5. The summed E-state index contributed by atoms with van der Waals surface area (Å²) in [5.74, 6) is -0.381. The molecule has 27 heavy (non-hydrogen) atoms. The predicted octanol–water partition coefficient (Wildman–Crippen LogP) is 0.747. The minimum atomic E-state index is -3.35. The molecule has 0 bridgehead atoms. The van der Waals surface area contributed by atoms with Crippen LogP contribution in [-0.2, 0) is 9.84 Å². The normalized spacial score (nSPS) is 23.9. The van der Waals surface area contributed by atoms with Gasteiger partial charge >= 0.3 is 0 Å². The number of carbonyl (C=O) groups excluding carboxylic acids is 2. The zero-order valence-electron chi connectivity index (χ0n) is 14.7. The number of carbonyl (C=O) groups is 2. The highest BCUT2D eigenvalue weighted by Crippen LogP contribution is 2.29. The van der Waals surface area contributed by atoms with E-state index >= 15 is 0 Å². The highest BCUT2D eigenvalue weighted by molar-refractivity contribution is 7.91. The van der Waals surface area contributed by atoms with Crippen LogP contribution in [0.5, 0.6) is 0 Å². The highest BCUT2D eigenvalue weighted by atomic mass is 32.2. The van der Waals surface area contributed by atoms with Crippen molar-refractivity contribution in [1.82, 2.24) is 14.8 Å². The molecule has 0 saturated carbocycles. The van der Waals surface area contributed by atoms with Crippen LogP contribution in [0.15, 0.2) is 41.1 Å². The Morgan fingerprint density at radius 1 is 1.07 bits per heavy atom. The summed E-state index contributed by atoms with van der Waals surface area (Å²) in [6.07, 6.45) is 2.96. The second-order valence-electron chi connectivity index (χ2n) is 6.81. The fourth-order valence-electron chi connectivity index (χ4n) is 3.86. The van der Waals surface area contributed by atoms with Crippen molar-refractivity contribution in [2.45, 2.75) is 19.0 Å². The Labute approximate surface area is 156 Å². The first-order chi connectivity index (χ1) is 12.9. The average Bonchev–Trinajstić information content (AvgIpc) is 3.22. The Kier molecular flexibility index (Phi) is 4.26. The fraction of sp³-hybridized carbons (Fsp3) is 0.389. The number of piperazine rings is 1. The van der Waals surface area contributed by atoms with Crippen molar-refractivity contribution in [3.63, 3.8) is 0 Å². The van der Waals surface area contributed by atoms with Gasteiger partial charge < -0.3 is 14.2 Å². The van der Waals surface area contributed by atoms with Gasteiger partial charge in [-0.1, -0.05) is 6.07 Å². The second-order valence-corrected chi connectivity index (χ2v) is 8.97. The van der Waals surface area contributed by atoms with Gasteiger partial charge in [0.25, 0.3) is 11.8 Å². The van der Waals surface area contributed by atoms with Crippen molar-refractivity contribution in [2.24, 2.45) is 0 Å². The van der Waals surface area contributed by atoms with Crippen LogP contribution in [0.3, 0.4) is 0 Å². The minimum absolute atomic E-state index is 0.147. The minimum Gasteiger partial charge on any atom is -0.469 e. The summed E-state index contributed by atoms with van der Waals surface area (Å²) >= 11 is 0. The number of aromatic nitrogens is 1. The van der Waals surface area contributed by atoms with Crippen molar-refractivity contribution >= 4 is 21.7 Å². The number of furan rings is 1. The first kappa shape index (κ1) is 17.7. The van der Waals surface area contributed by atoms with Crippen molar-refractivity contribution in [3.8, 4) is 0 Å². The molecule has 9 heteroatoms. The largest absolute Gasteiger partial charge is 0.469 e. The van der Waals surface area contributed by atoms with Crippen LogP contribution in [-0.4, -0.2) is 71.7 Å². The van der Waals surface area contributed by atoms with Gasteiger partial charge in [0.2, 0.25) is 0 Å². The summed E-state index contributed by atoms with van der Waals surface area (Å²) in [6, 6.07) is 5.47. The first-order valence-electron chi connectivity index (χ1n) is 8.65. The molecule has 8 nitrogen and oxygen atoms in total. The van der Waals surface area contributed by atoms with Gasteiger partial charge in [-0.3, -0.25) is 14.6 Å². The third kappa shape index (κ3) is 3.12. The average molecular weight is 389 g/mol. The maximum Gasteiger partial charge on any atom is 0.272 e. The number of fused-ring (bicyclic) bond motifs is 1. The van der Waals surface area contributed by atoms with E-state index in [2.05, 4.69) is 4.98 Å². The molecule has 2 aromatic rings. The number of rotatable bonds is 2. The van der Waals surface area contributed by atoms with E-state index in [-0.39, 0.29) is 42.1 Å². The Balaban J connectivity index is 1.65. The van der Waals surface area contributed by atoms with E-state index in [0.717, 1.165) is 0 Å². The van der Waals surface area contributed by atoms with E-state index in [0.29, 0.717) is 11.3 Å². The topological polar surface area (TPSA) is 101 Å². The molecule has 2 aliphatic rings. The number of hydrogen-bond donors (Lipinski definition) is 0. The number of amides is 2. The maximum atomic E-state index is 12.9. The van der Waals surface area contributed by atoms with Gasteiger partial charge in [0.05, 0.1) is 35.4 Å². The molecule has 2 saturated heterocycles. The van der Waals surface area contributed by atoms with Crippen LogP contribution in [0.2, 0.25) is 0 Å². The Bertz CT molecular complexity index is 985. The molecule has 4 heterocycles. The van der Waals surface area contributed by atoms with Crippen LogP contribution in [0, 0.1) is 6.92 Å². The van der Waals surface area contributed by atoms with Crippen LogP contribution in [0.4, 0.5) is 0 Å². The molecule has 2 aliphatic heterocycles. The molecule has 0 unspecified atom stereocenters. The van der Waals surface area contributed by atoms with Crippen molar-refractivity contribution in [3.05, 3.63) is 53.7 Å². The van der Waals surface area contributed by atoms with E-state index in [1.54, 1.807) is 41.0 Å². The molecular formula is C18H19N3O5S. The summed E-state index contributed by atoms with van der Waals surface area (Å²) in [5.41, 5.74) is 0.688. The second kappa shape index (κ2) is 6.49. The van der Waals surface area contributed by atoms with Crippen molar-refractivity contribution in [1.29, 1.82) is 0 Å². The lowest BCUT2D eigenvalue weighted by Crippen LogP contribution is -2.62. The Hall–Kier alpha value is -2.68. The summed E-state index contributed by atoms with van der Waals surface area (Å²) in [6.45, 7) is 2.21. The van der Waals surface area contributed by atoms with E-state index in [1.165, 1.54) is 12.5 Å². The van der Waals surface area contributed by atoms with Gasteiger partial charge in [0.1, 0.15) is 11.5 Å². The van der Waals surface area contributed by atoms with Gasteiger partial charge in [0, 0.05) is 19.3 Å².